The molecule has 0 radical (unpaired) electrons. The van der Waals surface area contributed by atoms with Crippen LogP contribution in [0.25, 0.3) is 0 Å². The molecule has 1 aliphatic carbocycles. The average molecular weight is 424 g/mol. The molecule has 0 aromatic heterocycles. The van der Waals surface area contributed by atoms with E-state index in [2.05, 4.69) is 26.0 Å². The molecule has 1 heterocycles. The summed E-state index contributed by atoms with van der Waals surface area (Å²) in [6.07, 6.45) is 2.52. The first-order valence-corrected chi connectivity index (χ1v) is 9.25. The number of halogens is 2. The fraction of sp³-hybridized carbons (Fsp3) is 0.333. The van der Waals surface area contributed by atoms with E-state index in [1.165, 1.54) is 29.5 Å². The molecule has 1 aromatic rings. The van der Waals surface area contributed by atoms with Crippen molar-refractivity contribution in [2.24, 2.45) is 5.14 Å². The number of benzene rings is 1. The number of hydrogen-bond acceptors (Lipinski definition) is 7. The van der Waals surface area contributed by atoms with Gasteiger partial charge < -0.3 is 5.32 Å². The molecule has 1 saturated carbocycles. The zero-order valence-electron chi connectivity index (χ0n) is 12.2. The number of nitrogens with one attached hydrogen (secondary N) is 2. The van der Waals surface area contributed by atoms with Crippen molar-refractivity contribution < 1.29 is 23.0 Å². The third-order valence-corrected chi connectivity index (χ3v) is 4.86. The molecular formula is C12H15BrFN5O4S. The SMILES string of the molecule is NS(=O)(=O)NC1CC(NC2=CN(c3ccc(F)c(Br)c3)ON2O)C1. The Hall–Kier alpha value is -1.44. The second-order valence-electron chi connectivity index (χ2n) is 5.47. The van der Waals surface area contributed by atoms with Crippen LogP contribution in [0.1, 0.15) is 12.8 Å². The quantitative estimate of drug-likeness (QED) is 0.548. The Bertz CT molecular complexity index is 771. The average Bonchev–Trinajstić information content (AvgIpc) is 2.79. The predicted octanol–water partition coefficient (Wildman–Crippen LogP) is 0.659. The van der Waals surface area contributed by atoms with E-state index in [1.807, 2.05) is 0 Å². The molecule has 5 N–H and O–H groups in total. The lowest BCUT2D eigenvalue weighted by Crippen LogP contribution is -2.54. The Morgan fingerprint density at radius 1 is 1.38 bits per heavy atom. The number of hydroxylamine groups is 3. The minimum absolute atomic E-state index is 0.0475. The highest BCUT2D eigenvalue weighted by Gasteiger charge is 2.34. The third kappa shape index (κ3) is 3.96. The van der Waals surface area contributed by atoms with Gasteiger partial charge in [-0.2, -0.15) is 18.2 Å². The molecule has 24 heavy (non-hydrogen) atoms. The van der Waals surface area contributed by atoms with Gasteiger partial charge in [-0.25, -0.2) is 9.53 Å². The highest BCUT2D eigenvalue weighted by molar-refractivity contribution is 9.10. The molecule has 0 unspecified atom stereocenters. The van der Waals surface area contributed by atoms with Crippen molar-refractivity contribution in [3.63, 3.8) is 0 Å². The topological polar surface area (TPSA) is 120 Å². The summed E-state index contributed by atoms with van der Waals surface area (Å²) in [5.74, 6) is -0.140. The maximum Gasteiger partial charge on any atom is 0.274 e. The lowest BCUT2D eigenvalue weighted by molar-refractivity contribution is -0.307. The van der Waals surface area contributed by atoms with Crippen molar-refractivity contribution in [3.05, 3.63) is 40.5 Å². The highest BCUT2D eigenvalue weighted by atomic mass is 79.9. The standard InChI is InChI=1S/C12H15BrFN5O4S/c13-10-5-9(1-2-11(10)14)18-6-12(19(20)23-18)16-7-3-8(4-7)17-24(15,21)22/h1-2,5-8,16-17,20H,3-4H2,(H2,15,21,22). The third-order valence-electron chi connectivity index (χ3n) is 3.59. The summed E-state index contributed by atoms with van der Waals surface area (Å²) < 4.78 is 37.7. The Balaban J connectivity index is 1.59. The largest absolute Gasteiger partial charge is 0.364 e. The number of nitrogens with two attached hydrogens (primary N) is 1. The van der Waals surface area contributed by atoms with Gasteiger partial charge in [0.25, 0.3) is 10.2 Å². The van der Waals surface area contributed by atoms with Crippen molar-refractivity contribution in [1.82, 2.24) is 15.3 Å². The molecule has 1 aliphatic heterocycles. The van der Waals surface area contributed by atoms with E-state index in [9.17, 15) is 18.0 Å². The van der Waals surface area contributed by atoms with Crippen LogP contribution in [0, 0.1) is 5.82 Å². The van der Waals surface area contributed by atoms with E-state index in [1.54, 1.807) is 0 Å². The molecular weight excluding hydrogens is 409 g/mol. The summed E-state index contributed by atoms with van der Waals surface area (Å²) in [5, 5.41) is 19.5. The predicted molar refractivity (Wildman–Crippen MR) is 85.6 cm³/mol. The summed E-state index contributed by atoms with van der Waals surface area (Å²) in [7, 11) is -3.72. The summed E-state index contributed by atoms with van der Waals surface area (Å²) in [6.45, 7) is 0. The number of rotatable bonds is 5. The number of nitrogens with zero attached hydrogens (tertiary/aromatic N) is 2. The van der Waals surface area contributed by atoms with Crippen LogP contribution in [0.5, 0.6) is 0 Å². The summed E-state index contributed by atoms with van der Waals surface area (Å²) in [5.41, 5.74) is 0.501. The normalized spacial score (nSPS) is 23.9. The van der Waals surface area contributed by atoms with E-state index in [-0.39, 0.29) is 22.4 Å². The van der Waals surface area contributed by atoms with Crippen molar-refractivity contribution in [1.29, 1.82) is 0 Å². The van der Waals surface area contributed by atoms with E-state index >= 15 is 0 Å². The second kappa shape index (κ2) is 6.46. The fourth-order valence-electron chi connectivity index (χ4n) is 2.42. The van der Waals surface area contributed by atoms with Gasteiger partial charge in [0.1, 0.15) is 5.82 Å². The molecule has 0 atom stereocenters. The Morgan fingerprint density at radius 2 is 2.08 bits per heavy atom. The zero-order chi connectivity index (χ0) is 17.5. The van der Waals surface area contributed by atoms with Crippen LogP contribution in [0.2, 0.25) is 0 Å². The Labute approximate surface area is 146 Å². The molecule has 0 bridgehead atoms. The first kappa shape index (κ1) is 17.4. The van der Waals surface area contributed by atoms with E-state index in [4.69, 9.17) is 10.1 Å². The summed E-state index contributed by atoms with van der Waals surface area (Å²) >= 11 is 3.08. The van der Waals surface area contributed by atoms with Gasteiger partial charge in [0.2, 0.25) is 0 Å². The number of anilines is 1. The Morgan fingerprint density at radius 3 is 2.71 bits per heavy atom. The van der Waals surface area contributed by atoms with E-state index < -0.39 is 16.0 Å². The molecule has 0 spiro atoms. The fourth-order valence-corrected chi connectivity index (χ4v) is 3.44. The molecule has 0 saturated heterocycles. The van der Waals surface area contributed by atoms with Gasteiger partial charge in [0.05, 0.1) is 16.4 Å². The second-order valence-corrected chi connectivity index (χ2v) is 7.65. The van der Waals surface area contributed by atoms with E-state index in [0.717, 1.165) is 0 Å². The zero-order valence-corrected chi connectivity index (χ0v) is 14.6. The maximum atomic E-state index is 13.3. The van der Waals surface area contributed by atoms with E-state index in [0.29, 0.717) is 23.8 Å². The molecule has 0 amide bonds. The smallest absolute Gasteiger partial charge is 0.274 e. The minimum Gasteiger partial charge on any atom is -0.364 e. The summed E-state index contributed by atoms with van der Waals surface area (Å²) in [6, 6.07) is 3.96. The molecule has 132 valence electrons. The van der Waals surface area contributed by atoms with Crippen molar-refractivity contribution in [2.45, 2.75) is 24.9 Å². The van der Waals surface area contributed by atoms with Crippen LogP contribution in [0.3, 0.4) is 0 Å². The van der Waals surface area contributed by atoms with Gasteiger partial charge in [-0.05, 0) is 47.0 Å². The van der Waals surface area contributed by atoms with Crippen LogP contribution in [-0.2, 0) is 15.1 Å². The van der Waals surface area contributed by atoms with Gasteiger partial charge >= 0.3 is 0 Å². The first-order chi connectivity index (χ1) is 11.2. The van der Waals surface area contributed by atoms with Gasteiger partial charge in [-0.15, -0.1) is 4.94 Å². The van der Waals surface area contributed by atoms with Crippen LogP contribution in [0.15, 0.2) is 34.7 Å². The van der Waals surface area contributed by atoms with Gasteiger partial charge in [-0.1, -0.05) is 5.23 Å². The van der Waals surface area contributed by atoms with Crippen molar-refractivity contribution in [2.75, 3.05) is 5.06 Å². The minimum atomic E-state index is -3.72. The molecule has 3 rings (SSSR count). The highest BCUT2D eigenvalue weighted by Crippen LogP contribution is 2.28. The molecule has 1 fully saturated rings. The molecule has 2 aliphatic rings. The van der Waals surface area contributed by atoms with Crippen LogP contribution in [-0.4, -0.2) is 30.9 Å². The summed E-state index contributed by atoms with van der Waals surface area (Å²) in [4.78, 5) is 5.12. The monoisotopic (exact) mass is 423 g/mol. The molecule has 9 nitrogen and oxygen atoms in total. The van der Waals surface area contributed by atoms with Gasteiger partial charge in [0, 0.05) is 12.1 Å². The number of hydrogen-bond donors (Lipinski definition) is 4. The van der Waals surface area contributed by atoms with Gasteiger partial charge in [0.15, 0.2) is 5.82 Å². The lowest BCUT2D eigenvalue weighted by Gasteiger charge is -2.36. The molecule has 12 heteroatoms. The molecule has 1 aromatic carbocycles. The maximum absolute atomic E-state index is 13.3. The Kier molecular flexibility index (Phi) is 4.68. The first-order valence-electron chi connectivity index (χ1n) is 6.91. The van der Waals surface area contributed by atoms with Crippen LogP contribution in [0.4, 0.5) is 10.1 Å². The van der Waals surface area contributed by atoms with Gasteiger partial charge in [-0.3, -0.25) is 5.21 Å². The van der Waals surface area contributed by atoms with Crippen molar-refractivity contribution in [3.8, 4) is 0 Å². The van der Waals surface area contributed by atoms with Crippen molar-refractivity contribution >= 4 is 31.8 Å². The van der Waals surface area contributed by atoms with Crippen LogP contribution < -0.4 is 20.2 Å². The van der Waals surface area contributed by atoms with Crippen LogP contribution >= 0.6 is 15.9 Å². The lowest BCUT2D eigenvalue weighted by atomic mass is 9.88.